The molecule has 9 heteroatoms. The first-order valence-corrected chi connectivity index (χ1v) is 12.1. The molecule has 0 unspecified atom stereocenters. The number of rotatable bonds is 9. The average Bonchev–Trinajstić information content (AvgIpc) is 3.20. The number of nitrogens with zero attached hydrogens (tertiary/aromatic N) is 1. The summed E-state index contributed by atoms with van der Waals surface area (Å²) in [5.41, 5.74) is 1.94. The standard InChI is InChI=1S/C24H26ClNO6S/c1-15(2)13-26(33(29,30)23-10-5-17(4)32-23)21-12-20(25)16(3)11-22(21)31-14-18-6-8-19(9-7-18)24(27)28/h5-12,15H,13-14H2,1-4H3,(H,27,28). The van der Waals surface area contributed by atoms with E-state index in [2.05, 4.69) is 0 Å². The van der Waals surface area contributed by atoms with Crippen LogP contribution in [0.3, 0.4) is 0 Å². The number of hydrogen-bond acceptors (Lipinski definition) is 5. The van der Waals surface area contributed by atoms with E-state index >= 15 is 0 Å². The summed E-state index contributed by atoms with van der Waals surface area (Å²) in [4.78, 5) is 11.1. The van der Waals surface area contributed by atoms with Gasteiger partial charge in [-0.3, -0.25) is 4.31 Å². The number of carboxylic acids is 1. The lowest BCUT2D eigenvalue weighted by atomic mass is 10.1. The third-order valence-corrected chi connectivity index (χ3v) is 6.96. The van der Waals surface area contributed by atoms with Crippen molar-refractivity contribution in [3.63, 3.8) is 0 Å². The van der Waals surface area contributed by atoms with E-state index in [-0.39, 0.29) is 29.7 Å². The maximum absolute atomic E-state index is 13.5. The van der Waals surface area contributed by atoms with Crippen LogP contribution in [0.5, 0.6) is 5.75 Å². The van der Waals surface area contributed by atoms with E-state index in [9.17, 15) is 13.2 Å². The summed E-state index contributed by atoms with van der Waals surface area (Å²) in [6, 6.07) is 12.6. The average molecular weight is 492 g/mol. The molecule has 1 N–H and O–H groups in total. The number of benzene rings is 2. The zero-order valence-electron chi connectivity index (χ0n) is 18.8. The fourth-order valence-corrected chi connectivity index (χ4v) is 4.92. The minimum absolute atomic E-state index is 0.00678. The van der Waals surface area contributed by atoms with Crippen LogP contribution < -0.4 is 9.04 Å². The van der Waals surface area contributed by atoms with E-state index in [0.29, 0.717) is 22.2 Å². The molecular formula is C24H26ClNO6S. The molecule has 7 nitrogen and oxygen atoms in total. The molecule has 1 heterocycles. The molecule has 0 radical (unpaired) electrons. The van der Waals surface area contributed by atoms with E-state index in [4.69, 9.17) is 25.9 Å². The van der Waals surface area contributed by atoms with Crippen molar-refractivity contribution < 1.29 is 27.5 Å². The number of anilines is 1. The van der Waals surface area contributed by atoms with Crippen LogP contribution in [0.1, 0.15) is 41.1 Å². The lowest BCUT2D eigenvalue weighted by molar-refractivity contribution is 0.0697. The van der Waals surface area contributed by atoms with E-state index in [0.717, 1.165) is 11.1 Å². The Morgan fingerprint density at radius 2 is 1.79 bits per heavy atom. The van der Waals surface area contributed by atoms with Crippen LogP contribution in [0.4, 0.5) is 5.69 Å². The van der Waals surface area contributed by atoms with Crippen LogP contribution in [0.25, 0.3) is 0 Å². The number of aromatic carboxylic acids is 1. The van der Waals surface area contributed by atoms with E-state index in [1.54, 1.807) is 44.2 Å². The van der Waals surface area contributed by atoms with E-state index < -0.39 is 16.0 Å². The molecule has 0 atom stereocenters. The van der Waals surface area contributed by atoms with Gasteiger partial charge in [0.05, 0.1) is 11.3 Å². The lowest BCUT2D eigenvalue weighted by Crippen LogP contribution is -2.34. The smallest absolute Gasteiger partial charge is 0.335 e. The Kier molecular flexibility index (Phi) is 7.39. The monoisotopic (exact) mass is 491 g/mol. The second kappa shape index (κ2) is 9.89. The van der Waals surface area contributed by atoms with Gasteiger partial charge in [0, 0.05) is 11.6 Å². The summed E-state index contributed by atoms with van der Waals surface area (Å²) < 4.78 is 39.7. The molecule has 3 rings (SSSR count). The highest BCUT2D eigenvalue weighted by Gasteiger charge is 2.31. The summed E-state index contributed by atoms with van der Waals surface area (Å²) in [6.07, 6.45) is 0. The van der Waals surface area contributed by atoms with Gasteiger partial charge in [0.2, 0.25) is 5.09 Å². The molecule has 0 fully saturated rings. The van der Waals surface area contributed by atoms with Crippen LogP contribution in [0, 0.1) is 19.8 Å². The highest BCUT2D eigenvalue weighted by Crippen LogP contribution is 2.38. The highest BCUT2D eigenvalue weighted by molar-refractivity contribution is 7.92. The number of ether oxygens (including phenoxy) is 1. The number of hydrogen-bond donors (Lipinski definition) is 1. The fourth-order valence-electron chi connectivity index (χ4n) is 3.18. The second-order valence-corrected chi connectivity index (χ2v) is 10.4. The number of carboxylic acid groups (broad SMARTS) is 1. The first-order chi connectivity index (χ1) is 15.5. The Morgan fingerprint density at radius 3 is 2.33 bits per heavy atom. The predicted octanol–water partition coefficient (Wildman–Crippen LogP) is 5.68. The molecule has 3 aromatic rings. The maximum Gasteiger partial charge on any atom is 0.335 e. The van der Waals surface area contributed by atoms with E-state index in [1.165, 1.54) is 22.5 Å². The highest BCUT2D eigenvalue weighted by atomic mass is 35.5. The summed E-state index contributed by atoms with van der Waals surface area (Å²) in [7, 11) is -4.02. The maximum atomic E-state index is 13.5. The number of sulfonamides is 1. The Balaban J connectivity index is 2.01. The van der Waals surface area contributed by atoms with Crippen molar-refractivity contribution in [2.45, 2.75) is 39.4 Å². The van der Waals surface area contributed by atoms with Crippen LogP contribution in [0.2, 0.25) is 5.02 Å². The van der Waals surface area contributed by atoms with Crippen molar-refractivity contribution in [3.05, 3.63) is 76.0 Å². The van der Waals surface area contributed by atoms with Gasteiger partial charge in [-0.2, -0.15) is 8.42 Å². The van der Waals surface area contributed by atoms with Gasteiger partial charge in [-0.1, -0.05) is 37.6 Å². The summed E-state index contributed by atoms with van der Waals surface area (Å²) in [5, 5.41) is 9.31. The van der Waals surface area contributed by atoms with Gasteiger partial charge < -0.3 is 14.3 Å². The molecule has 0 amide bonds. The van der Waals surface area contributed by atoms with Crippen molar-refractivity contribution >= 4 is 33.3 Å². The third kappa shape index (κ3) is 5.69. The molecular weight excluding hydrogens is 466 g/mol. The van der Waals surface area contributed by atoms with Gasteiger partial charge in [0.15, 0.2) is 0 Å². The quantitative estimate of drug-likeness (QED) is 0.413. The Bertz CT molecular complexity index is 1250. The van der Waals surface area contributed by atoms with Crippen LogP contribution in [0.15, 0.2) is 58.0 Å². The minimum Gasteiger partial charge on any atom is -0.487 e. The number of aryl methyl sites for hydroxylation is 2. The predicted molar refractivity (Wildman–Crippen MR) is 127 cm³/mol. The van der Waals surface area contributed by atoms with Crippen molar-refractivity contribution in [2.75, 3.05) is 10.8 Å². The summed E-state index contributed by atoms with van der Waals surface area (Å²) in [6.45, 7) is 7.61. The first kappa shape index (κ1) is 24.7. The molecule has 0 bridgehead atoms. The topological polar surface area (TPSA) is 97.0 Å². The van der Waals surface area contributed by atoms with Gasteiger partial charge in [0.1, 0.15) is 18.1 Å². The van der Waals surface area contributed by atoms with Crippen LogP contribution in [-0.4, -0.2) is 26.0 Å². The van der Waals surface area contributed by atoms with Crippen molar-refractivity contribution in [2.24, 2.45) is 5.92 Å². The Labute approximate surface area is 198 Å². The zero-order valence-corrected chi connectivity index (χ0v) is 20.4. The molecule has 176 valence electrons. The number of furan rings is 1. The molecule has 0 saturated heterocycles. The normalized spacial score (nSPS) is 11.6. The van der Waals surface area contributed by atoms with Crippen LogP contribution >= 0.6 is 11.6 Å². The van der Waals surface area contributed by atoms with Crippen molar-refractivity contribution in [3.8, 4) is 5.75 Å². The molecule has 0 saturated carbocycles. The fraction of sp³-hybridized carbons (Fsp3) is 0.292. The Hall–Kier alpha value is -2.97. The summed E-state index contributed by atoms with van der Waals surface area (Å²) in [5.74, 6) is -0.180. The van der Waals surface area contributed by atoms with Gasteiger partial charge in [0.25, 0.3) is 10.0 Å². The van der Waals surface area contributed by atoms with Gasteiger partial charge in [-0.15, -0.1) is 0 Å². The molecule has 0 aliphatic carbocycles. The van der Waals surface area contributed by atoms with E-state index in [1.807, 2.05) is 13.8 Å². The molecule has 0 aliphatic heterocycles. The molecule has 2 aromatic carbocycles. The number of halogens is 1. The zero-order chi connectivity index (χ0) is 24.3. The van der Waals surface area contributed by atoms with Gasteiger partial charge in [-0.05, 0) is 67.3 Å². The number of carbonyl (C=O) groups is 1. The van der Waals surface area contributed by atoms with Gasteiger partial charge in [-0.25, -0.2) is 4.79 Å². The molecule has 0 spiro atoms. The molecule has 1 aromatic heterocycles. The molecule has 33 heavy (non-hydrogen) atoms. The largest absolute Gasteiger partial charge is 0.487 e. The molecule has 0 aliphatic rings. The lowest BCUT2D eigenvalue weighted by Gasteiger charge is -2.27. The Morgan fingerprint density at radius 1 is 1.12 bits per heavy atom. The van der Waals surface area contributed by atoms with Crippen LogP contribution in [-0.2, 0) is 16.6 Å². The minimum atomic E-state index is -4.02. The SMILES string of the molecule is Cc1ccc(S(=O)(=O)N(CC(C)C)c2cc(Cl)c(C)cc2OCc2ccc(C(=O)O)cc2)o1. The third-order valence-electron chi connectivity index (χ3n) is 4.90. The first-order valence-electron chi connectivity index (χ1n) is 10.3. The van der Waals surface area contributed by atoms with Gasteiger partial charge >= 0.3 is 5.97 Å². The summed E-state index contributed by atoms with van der Waals surface area (Å²) >= 11 is 6.37. The second-order valence-electron chi connectivity index (χ2n) is 8.15. The van der Waals surface area contributed by atoms with Crippen molar-refractivity contribution in [1.82, 2.24) is 0 Å². The van der Waals surface area contributed by atoms with Crippen molar-refractivity contribution in [1.29, 1.82) is 0 Å².